The zero-order valence-corrected chi connectivity index (χ0v) is 17.2. The Labute approximate surface area is 179 Å². The lowest BCUT2D eigenvalue weighted by Gasteiger charge is -2.32. The molecule has 0 bridgehead atoms. The molecule has 0 unspecified atom stereocenters. The molecular formula is C22H24N6O3. The largest absolute Gasteiger partial charge is 0.465 e. The first-order valence-electron chi connectivity index (χ1n) is 10.3. The second-order valence-electron chi connectivity index (χ2n) is 7.91. The molecule has 2 aromatic rings. The van der Waals surface area contributed by atoms with Gasteiger partial charge in [-0.15, -0.1) is 0 Å². The number of hydrogen-bond acceptors (Lipinski definition) is 6. The number of aryl methyl sites for hydroxylation is 1. The summed E-state index contributed by atoms with van der Waals surface area (Å²) in [6.07, 6.45) is 2.29. The van der Waals surface area contributed by atoms with E-state index in [2.05, 4.69) is 32.3 Å². The predicted molar refractivity (Wildman–Crippen MR) is 115 cm³/mol. The smallest absolute Gasteiger partial charge is 0.404 e. The van der Waals surface area contributed by atoms with Crippen molar-refractivity contribution in [1.29, 1.82) is 5.26 Å². The minimum atomic E-state index is -1.07. The summed E-state index contributed by atoms with van der Waals surface area (Å²) in [5, 5.41) is 30.8. The van der Waals surface area contributed by atoms with Gasteiger partial charge in [-0.3, -0.25) is 4.79 Å². The molecule has 1 aromatic heterocycles. The van der Waals surface area contributed by atoms with Crippen LogP contribution in [0.15, 0.2) is 24.3 Å². The molecule has 2 atom stereocenters. The minimum absolute atomic E-state index is 0.195. The van der Waals surface area contributed by atoms with Crippen LogP contribution in [0.4, 0.5) is 22.1 Å². The highest BCUT2D eigenvalue weighted by molar-refractivity contribution is 6.04. The van der Waals surface area contributed by atoms with Gasteiger partial charge in [0.05, 0.1) is 11.6 Å². The number of aromatic nitrogens is 1. The summed E-state index contributed by atoms with van der Waals surface area (Å²) in [5.41, 5.74) is 3.16. The van der Waals surface area contributed by atoms with Crippen molar-refractivity contribution in [2.75, 3.05) is 10.6 Å². The Morgan fingerprint density at radius 2 is 1.90 bits per heavy atom. The number of pyridine rings is 1. The highest BCUT2D eigenvalue weighted by atomic mass is 16.4. The molecule has 0 saturated heterocycles. The highest BCUT2D eigenvalue weighted by Crippen LogP contribution is 2.33. The average Bonchev–Trinajstić information content (AvgIpc) is 3.13. The van der Waals surface area contributed by atoms with Gasteiger partial charge in [0.25, 0.3) is 5.91 Å². The number of amides is 2. The summed E-state index contributed by atoms with van der Waals surface area (Å²) in [6.45, 7) is 2.24. The first-order chi connectivity index (χ1) is 15.0. The average molecular weight is 420 g/mol. The molecule has 2 aliphatic rings. The van der Waals surface area contributed by atoms with Crippen molar-refractivity contribution in [1.82, 2.24) is 15.6 Å². The fourth-order valence-electron chi connectivity index (χ4n) is 4.21. The predicted octanol–water partition coefficient (Wildman–Crippen LogP) is 3.24. The SMILES string of the molecule is Cc1ccc(Nc2nc(N[C@@H]3CCCC[C@@H]3NC(=O)O)c(C#N)c3c2C(=O)NC3)cc1. The van der Waals surface area contributed by atoms with Gasteiger partial charge in [0.2, 0.25) is 0 Å². The van der Waals surface area contributed by atoms with Crippen molar-refractivity contribution < 1.29 is 14.7 Å². The van der Waals surface area contributed by atoms with Crippen LogP contribution in [-0.2, 0) is 6.54 Å². The topological polar surface area (TPSA) is 139 Å². The monoisotopic (exact) mass is 420 g/mol. The lowest BCUT2D eigenvalue weighted by Crippen LogP contribution is -2.48. The number of nitrogens with one attached hydrogen (secondary N) is 4. The van der Waals surface area contributed by atoms with E-state index in [4.69, 9.17) is 0 Å². The van der Waals surface area contributed by atoms with Crippen LogP contribution in [0.25, 0.3) is 0 Å². The molecule has 160 valence electrons. The molecule has 1 fully saturated rings. The minimum Gasteiger partial charge on any atom is -0.465 e. The summed E-state index contributed by atoms with van der Waals surface area (Å²) < 4.78 is 0. The number of rotatable bonds is 5. The Morgan fingerprint density at radius 3 is 2.58 bits per heavy atom. The first kappa shape index (κ1) is 20.5. The van der Waals surface area contributed by atoms with E-state index in [-0.39, 0.29) is 24.5 Å². The van der Waals surface area contributed by atoms with E-state index in [0.29, 0.717) is 34.7 Å². The maximum absolute atomic E-state index is 12.5. The van der Waals surface area contributed by atoms with E-state index in [9.17, 15) is 20.0 Å². The Bertz CT molecular complexity index is 1060. The molecule has 1 saturated carbocycles. The normalized spacial score (nSPS) is 19.7. The van der Waals surface area contributed by atoms with E-state index >= 15 is 0 Å². The van der Waals surface area contributed by atoms with Crippen LogP contribution < -0.4 is 21.3 Å². The van der Waals surface area contributed by atoms with E-state index in [1.807, 2.05) is 31.2 Å². The van der Waals surface area contributed by atoms with Gasteiger partial charge < -0.3 is 26.4 Å². The Morgan fingerprint density at radius 1 is 1.19 bits per heavy atom. The maximum Gasteiger partial charge on any atom is 0.404 e. The standard InChI is InChI=1S/C22H24N6O3/c1-12-6-8-13(9-7-12)25-20-18-15(11-24-21(18)29)14(10-23)19(28-20)26-16-4-2-3-5-17(16)27-22(30)31/h6-9,16-17,27H,2-5,11H2,1H3,(H,24,29)(H,30,31)(H2,25,26,28)/t16-,17+/m1/s1. The zero-order chi connectivity index (χ0) is 22.0. The van der Waals surface area contributed by atoms with Crippen LogP contribution in [0, 0.1) is 18.3 Å². The van der Waals surface area contributed by atoms with Crippen LogP contribution >= 0.6 is 0 Å². The molecule has 2 amide bonds. The number of hydrogen-bond donors (Lipinski definition) is 5. The van der Waals surface area contributed by atoms with Crippen molar-refractivity contribution in [3.05, 3.63) is 46.5 Å². The maximum atomic E-state index is 12.5. The Hall–Kier alpha value is -3.80. The number of nitrogens with zero attached hydrogens (tertiary/aromatic N) is 2. The van der Waals surface area contributed by atoms with Crippen LogP contribution in [0.1, 0.15) is 52.7 Å². The van der Waals surface area contributed by atoms with Crippen molar-refractivity contribution in [3.8, 4) is 6.07 Å². The van der Waals surface area contributed by atoms with Gasteiger partial charge in [-0.05, 0) is 31.9 Å². The molecule has 5 N–H and O–H groups in total. The fraction of sp³-hybridized carbons (Fsp3) is 0.364. The fourth-order valence-corrected chi connectivity index (χ4v) is 4.21. The van der Waals surface area contributed by atoms with Crippen LogP contribution in [0.2, 0.25) is 0 Å². The van der Waals surface area contributed by atoms with Gasteiger partial charge in [0, 0.05) is 23.8 Å². The lowest BCUT2D eigenvalue weighted by atomic mass is 9.90. The van der Waals surface area contributed by atoms with Gasteiger partial charge in [-0.25, -0.2) is 9.78 Å². The molecular weight excluding hydrogens is 396 g/mol. The number of anilines is 3. The Balaban J connectivity index is 1.72. The van der Waals surface area contributed by atoms with Gasteiger partial charge >= 0.3 is 6.09 Å². The molecule has 4 rings (SSSR count). The number of carboxylic acid groups (broad SMARTS) is 1. The second-order valence-corrected chi connectivity index (χ2v) is 7.91. The van der Waals surface area contributed by atoms with Crippen molar-refractivity contribution in [2.45, 2.75) is 51.2 Å². The van der Waals surface area contributed by atoms with Gasteiger partial charge in [-0.2, -0.15) is 5.26 Å². The van der Waals surface area contributed by atoms with E-state index in [1.54, 1.807) is 0 Å². The van der Waals surface area contributed by atoms with Crippen molar-refractivity contribution in [2.24, 2.45) is 0 Å². The van der Waals surface area contributed by atoms with Crippen LogP contribution in [-0.4, -0.2) is 34.2 Å². The van der Waals surface area contributed by atoms with Gasteiger partial charge in [0.15, 0.2) is 0 Å². The molecule has 1 aliphatic heterocycles. The highest BCUT2D eigenvalue weighted by Gasteiger charge is 2.32. The van der Waals surface area contributed by atoms with Gasteiger partial charge in [0.1, 0.15) is 23.3 Å². The van der Waals surface area contributed by atoms with E-state index in [0.717, 1.165) is 30.5 Å². The molecule has 0 spiro atoms. The lowest BCUT2D eigenvalue weighted by molar-refractivity contribution is 0.0966. The van der Waals surface area contributed by atoms with Crippen LogP contribution in [0.5, 0.6) is 0 Å². The summed E-state index contributed by atoms with van der Waals surface area (Å²) in [6, 6.07) is 9.41. The molecule has 1 aliphatic carbocycles. The van der Waals surface area contributed by atoms with Crippen LogP contribution in [0.3, 0.4) is 0 Å². The molecule has 0 radical (unpaired) electrons. The molecule has 31 heavy (non-hydrogen) atoms. The number of fused-ring (bicyclic) bond motifs is 1. The van der Waals surface area contributed by atoms with E-state index in [1.165, 1.54) is 0 Å². The summed E-state index contributed by atoms with van der Waals surface area (Å²) in [4.78, 5) is 28.3. The number of benzene rings is 1. The van der Waals surface area contributed by atoms with Crippen molar-refractivity contribution in [3.63, 3.8) is 0 Å². The third kappa shape index (κ3) is 4.23. The van der Waals surface area contributed by atoms with Gasteiger partial charge in [-0.1, -0.05) is 30.5 Å². The third-order valence-corrected chi connectivity index (χ3v) is 5.78. The Kier molecular flexibility index (Phi) is 5.62. The summed E-state index contributed by atoms with van der Waals surface area (Å²) in [5.74, 6) is 0.452. The number of carbonyl (C=O) groups is 2. The van der Waals surface area contributed by atoms with E-state index < -0.39 is 6.09 Å². The number of nitriles is 1. The quantitative estimate of drug-likeness (QED) is 0.500. The number of carbonyl (C=O) groups excluding carboxylic acids is 1. The molecule has 9 nitrogen and oxygen atoms in total. The second kappa shape index (κ2) is 8.52. The summed E-state index contributed by atoms with van der Waals surface area (Å²) in [7, 11) is 0. The summed E-state index contributed by atoms with van der Waals surface area (Å²) >= 11 is 0. The molecule has 2 heterocycles. The molecule has 9 heteroatoms. The molecule has 1 aromatic carbocycles. The van der Waals surface area contributed by atoms with Crippen molar-refractivity contribution >= 4 is 29.3 Å². The third-order valence-electron chi connectivity index (χ3n) is 5.78. The zero-order valence-electron chi connectivity index (χ0n) is 17.2. The first-order valence-corrected chi connectivity index (χ1v) is 10.3.